The number of ether oxygens (including phenoxy) is 1. The van der Waals surface area contributed by atoms with Crippen molar-refractivity contribution in [2.45, 2.75) is 32.4 Å². The highest BCUT2D eigenvalue weighted by molar-refractivity contribution is 7.80. The van der Waals surface area contributed by atoms with Gasteiger partial charge in [0.1, 0.15) is 5.75 Å². The first-order valence-corrected chi connectivity index (χ1v) is 9.23. The monoisotopic (exact) mass is 410 g/mol. The Morgan fingerprint density at radius 3 is 2.46 bits per heavy atom. The number of benzene rings is 2. The van der Waals surface area contributed by atoms with E-state index < -0.39 is 17.6 Å². The second-order valence-corrected chi connectivity index (χ2v) is 6.48. The molecule has 2 rings (SSSR count). The molecule has 0 fully saturated rings. The number of thiocarbonyl (C=S) groups is 1. The van der Waals surface area contributed by atoms with Gasteiger partial charge in [0.2, 0.25) is 0 Å². The molecule has 0 aromatic heterocycles. The lowest BCUT2D eigenvalue weighted by atomic mass is 10.2. The number of halogens is 3. The lowest BCUT2D eigenvalue weighted by molar-refractivity contribution is -0.137. The van der Waals surface area contributed by atoms with E-state index in [4.69, 9.17) is 17.0 Å². The number of amides is 1. The number of anilines is 1. The summed E-state index contributed by atoms with van der Waals surface area (Å²) < 4.78 is 43.8. The first-order chi connectivity index (χ1) is 13.3. The molecule has 0 atom stereocenters. The molecule has 2 aromatic carbocycles. The molecule has 0 spiro atoms. The van der Waals surface area contributed by atoms with Crippen LogP contribution in [-0.4, -0.2) is 17.6 Å². The van der Waals surface area contributed by atoms with E-state index in [1.807, 2.05) is 0 Å². The van der Waals surface area contributed by atoms with Gasteiger partial charge in [0, 0.05) is 11.3 Å². The Morgan fingerprint density at radius 1 is 1.11 bits per heavy atom. The Morgan fingerprint density at radius 2 is 1.82 bits per heavy atom. The highest BCUT2D eigenvalue weighted by Gasteiger charge is 2.30. The Bertz CT molecular complexity index is 808. The lowest BCUT2D eigenvalue weighted by Gasteiger charge is -2.12. The molecular weight excluding hydrogens is 389 g/mol. The molecule has 150 valence electrons. The zero-order valence-electron chi connectivity index (χ0n) is 15.3. The normalized spacial score (nSPS) is 11.0. The van der Waals surface area contributed by atoms with Gasteiger partial charge < -0.3 is 10.1 Å². The van der Waals surface area contributed by atoms with Crippen LogP contribution in [-0.2, 0) is 6.18 Å². The van der Waals surface area contributed by atoms with Crippen LogP contribution in [0.25, 0.3) is 0 Å². The van der Waals surface area contributed by atoms with Crippen LogP contribution in [0.1, 0.15) is 42.1 Å². The standard InChI is InChI=1S/C20H21F3N2O2S/c1-2-3-4-12-27-17-10-8-14(9-11-17)18(26)25-19(28)24-16-7-5-6-15(13-16)20(21,22)23/h5-11,13H,2-4,12H2,1H3,(H2,24,25,26,28). The fourth-order valence-electron chi connectivity index (χ4n) is 2.36. The van der Waals surface area contributed by atoms with Crippen LogP contribution in [0.15, 0.2) is 48.5 Å². The van der Waals surface area contributed by atoms with Crippen molar-refractivity contribution in [3.05, 3.63) is 59.7 Å². The average Bonchev–Trinajstić information content (AvgIpc) is 2.65. The fraction of sp³-hybridized carbons (Fsp3) is 0.300. The zero-order valence-corrected chi connectivity index (χ0v) is 16.1. The Hall–Kier alpha value is -2.61. The van der Waals surface area contributed by atoms with Crippen molar-refractivity contribution in [3.8, 4) is 5.75 Å². The average molecular weight is 410 g/mol. The number of unbranched alkanes of at least 4 members (excludes halogenated alkanes) is 2. The lowest BCUT2D eigenvalue weighted by Crippen LogP contribution is -2.34. The molecule has 0 aliphatic rings. The third-order valence-electron chi connectivity index (χ3n) is 3.81. The van der Waals surface area contributed by atoms with E-state index in [0.717, 1.165) is 31.4 Å². The summed E-state index contributed by atoms with van der Waals surface area (Å²) in [5.41, 5.74) is -0.314. The van der Waals surface area contributed by atoms with E-state index in [0.29, 0.717) is 17.9 Å². The van der Waals surface area contributed by atoms with Crippen LogP contribution in [0.2, 0.25) is 0 Å². The predicted octanol–water partition coefficient (Wildman–Crippen LogP) is 5.40. The molecular formula is C20H21F3N2O2S. The maximum absolute atomic E-state index is 12.7. The quantitative estimate of drug-likeness (QED) is 0.474. The minimum Gasteiger partial charge on any atom is -0.494 e. The van der Waals surface area contributed by atoms with Gasteiger partial charge in [-0.2, -0.15) is 13.2 Å². The molecule has 28 heavy (non-hydrogen) atoms. The van der Waals surface area contributed by atoms with Crippen LogP contribution in [0, 0.1) is 0 Å². The van der Waals surface area contributed by atoms with Crippen molar-refractivity contribution < 1.29 is 22.7 Å². The van der Waals surface area contributed by atoms with Gasteiger partial charge in [-0.3, -0.25) is 10.1 Å². The van der Waals surface area contributed by atoms with Gasteiger partial charge in [0.15, 0.2) is 5.11 Å². The molecule has 0 aliphatic carbocycles. The molecule has 0 saturated carbocycles. The Kier molecular flexibility index (Phi) is 7.80. The second kappa shape index (κ2) is 10.1. The van der Waals surface area contributed by atoms with Crippen molar-refractivity contribution >= 4 is 28.9 Å². The highest BCUT2D eigenvalue weighted by atomic mass is 32.1. The van der Waals surface area contributed by atoms with Gasteiger partial charge in [-0.05, 0) is 61.1 Å². The molecule has 0 bridgehead atoms. The van der Waals surface area contributed by atoms with E-state index in [1.165, 1.54) is 12.1 Å². The van der Waals surface area contributed by atoms with Crippen LogP contribution in [0.4, 0.5) is 18.9 Å². The van der Waals surface area contributed by atoms with E-state index in [1.54, 1.807) is 24.3 Å². The van der Waals surface area contributed by atoms with Crippen molar-refractivity contribution in [2.24, 2.45) is 0 Å². The molecule has 0 heterocycles. The fourth-order valence-corrected chi connectivity index (χ4v) is 2.57. The third-order valence-corrected chi connectivity index (χ3v) is 4.01. The first-order valence-electron chi connectivity index (χ1n) is 8.82. The number of carbonyl (C=O) groups is 1. The third kappa shape index (κ3) is 6.84. The van der Waals surface area contributed by atoms with E-state index in [2.05, 4.69) is 17.6 Å². The molecule has 4 nitrogen and oxygen atoms in total. The summed E-state index contributed by atoms with van der Waals surface area (Å²) in [6, 6.07) is 11.1. The second-order valence-electron chi connectivity index (χ2n) is 6.07. The van der Waals surface area contributed by atoms with Crippen molar-refractivity contribution in [1.29, 1.82) is 0 Å². The first kappa shape index (κ1) is 21.7. The minimum absolute atomic E-state index is 0.0933. The topological polar surface area (TPSA) is 50.4 Å². The Labute approximate surface area is 167 Å². The number of hydrogen-bond donors (Lipinski definition) is 2. The summed E-state index contributed by atoms with van der Waals surface area (Å²) in [4.78, 5) is 12.2. The van der Waals surface area contributed by atoms with Gasteiger partial charge in [-0.15, -0.1) is 0 Å². The molecule has 2 aromatic rings. The molecule has 1 amide bonds. The van der Waals surface area contributed by atoms with Gasteiger partial charge in [-0.1, -0.05) is 25.8 Å². The van der Waals surface area contributed by atoms with Gasteiger partial charge in [0.25, 0.3) is 5.91 Å². The van der Waals surface area contributed by atoms with Crippen LogP contribution < -0.4 is 15.4 Å². The van der Waals surface area contributed by atoms with E-state index in [9.17, 15) is 18.0 Å². The van der Waals surface area contributed by atoms with Crippen LogP contribution >= 0.6 is 12.2 Å². The number of carbonyl (C=O) groups excluding carboxylic acids is 1. The van der Waals surface area contributed by atoms with Gasteiger partial charge in [-0.25, -0.2) is 0 Å². The van der Waals surface area contributed by atoms with Crippen molar-refractivity contribution in [3.63, 3.8) is 0 Å². The minimum atomic E-state index is -4.46. The molecule has 0 unspecified atom stereocenters. The molecule has 0 radical (unpaired) electrons. The number of hydrogen-bond acceptors (Lipinski definition) is 3. The predicted molar refractivity (Wildman–Crippen MR) is 107 cm³/mol. The Balaban J connectivity index is 1.89. The number of nitrogens with one attached hydrogen (secondary N) is 2. The smallest absolute Gasteiger partial charge is 0.416 e. The summed E-state index contributed by atoms with van der Waals surface area (Å²) in [6.45, 7) is 2.73. The largest absolute Gasteiger partial charge is 0.494 e. The summed E-state index contributed by atoms with van der Waals surface area (Å²) in [5, 5.41) is 4.93. The maximum atomic E-state index is 12.7. The molecule has 0 aliphatic heterocycles. The number of rotatable bonds is 7. The number of alkyl halides is 3. The van der Waals surface area contributed by atoms with Crippen LogP contribution in [0.3, 0.4) is 0 Å². The summed E-state index contributed by atoms with van der Waals surface area (Å²) in [7, 11) is 0. The maximum Gasteiger partial charge on any atom is 0.416 e. The molecule has 2 N–H and O–H groups in total. The SMILES string of the molecule is CCCCCOc1ccc(C(=O)NC(=S)Nc2cccc(C(F)(F)F)c2)cc1. The van der Waals surface area contributed by atoms with Crippen molar-refractivity contribution in [2.75, 3.05) is 11.9 Å². The zero-order chi connectivity index (χ0) is 20.6. The van der Waals surface area contributed by atoms with Gasteiger partial charge in [0.05, 0.1) is 12.2 Å². The summed E-state index contributed by atoms with van der Waals surface area (Å²) in [5.74, 6) is 0.194. The summed E-state index contributed by atoms with van der Waals surface area (Å²) >= 11 is 5.01. The van der Waals surface area contributed by atoms with Crippen LogP contribution in [0.5, 0.6) is 5.75 Å². The molecule has 0 saturated heterocycles. The van der Waals surface area contributed by atoms with Gasteiger partial charge >= 0.3 is 6.18 Å². The molecule has 8 heteroatoms. The van der Waals surface area contributed by atoms with Crippen molar-refractivity contribution in [1.82, 2.24) is 5.32 Å². The highest BCUT2D eigenvalue weighted by Crippen LogP contribution is 2.30. The summed E-state index contributed by atoms with van der Waals surface area (Å²) in [6.07, 6.45) is -1.29. The van der Waals surface area contributed by atoms with E-state index >= 15 is 0 Å². The van der Waals surface area contributed by atoms with E-state index in [-0.39, 0.29) is 10.8 Å².